The van der Waals surface area contributed by atoms with Crippen LogP contribution in [0.25, 0.3) is 0 Å². The number of methoxy groups -OCH3 is 1. The molecule has 1 aromatic carbocycles. The number of hydrogen-bond acceptors (Lipinski definition) is 4. The lowest BCUT2D eigenvalue weighted by Gasteiger charge is -2.33. The number of carbonyl (C=O) groups excluding carboxylic acids is 1. The van der Waals surface area contributed by atoms with Crippen molar-refractivity contribution < 1.29 is 9.53 Å². The first-order valence-corrected chi connectivity index (χ1v) is 9.61. The SMILES string of the molecule is COc1ccc(C(=O)Nc2nc3c(s2)CCC(C(C)(C)C)C3)cc1Cl. The summed E-state index contributed by atoms with van der Waals surface area (Å²) in [4.78, 5) is 18.4. The van der Waals surface area contributed by atoms with Crippen LogP contribution >= 0.6 is 22.9 Å². The van der Waals surface area contributed by atoms with E-state index in [1.807, 2.05) is 0 Å². The lowest BCUT2D eigenvalue weighted by molar-refractivity contribution is 0.102. The Balaban J connectivity index is 1.73. The predicted molar refractivity (Wildman–Crippen MR) is 103 cm³/mol. The standard InChI is InChI=1S/C19H23ClN2O2S/c1-19(2,3)12-6-8-16-14(10-12)21-18(25-16)22-17(23)11-5-7-15(24-4)13(20)9-11/h5,7,9,12H,6,8,10H2,1-4H3,(H,21,22,23). The molecule has 1 aliphatic rings. The molecule has 6 heteroatoms. The molecule has 2 aromatic rings. The van der Waals surface area contributed by atoms with Crippen LogP contribution < -0.4 is 10.1 Å². The van der Waals surface area contributed by atoms with Crippen LogP contribution in [-0.4, -0.2) is 18.0 Å². The zero-order valence-corrected chi connectivity index (χ0v) is 16.6. The van der Waals surface area contributed by atoms with Crippen LogP contribution in [0.3, 0.4) is 0 Å². The molecule has 134 valence electrons. The van der Waals surface area contributed by atoms with Crippen molar-refractivity contribution in [3.63, 3.8) is 0 Å². The highest BCUT2D eigenvalue weighted by Crippen LogP contribution is 2.39. The quantitative estimate of drug-likeness (QED) is 0.797. The minimum absolute atomic E-state index is 0.206. The van der Waals surface area contributed by atoms with Crippen LogP contribution in [0.2, 0.25) is 5.02 Å². The number of fused-ring (bicyclic) bond motifs is 1. The molecule has 0 saturated carbocycles. The number of halogens is 1. The third-order valence-electron chi connectivity index (χ3n) is 4.80. The van der Waals surface area contributed by atoms with Gasteiger partial charge in [0, 0.05) is 10.4 Å². The van der Waals surface area contributed by atoms with Gasteiger partial charge in [-0.25, -0.2) is 4.98 Å². The first kappa shape index (κ1) is 18.2. The Morgan fingerprint density at radius 3 is 2.80 bits per heavy atom. The fourth-order valence-corrected chi connectivity index (χ4v) is 4.41. The van der Waals surface area contributed by atoms with E-state index in [1.165, 1.54) is 11.3 Å². The Labute approximate surface area is 157 Å². The van der Waals surface area contributed by atoms with E-state index >= 15 is 0 Å². The maximum Gasteiger partial charge on any atom is 0.257 e. The van der Waals surface area contributed by atoms with Gasteiger partial charge in [-0.05, 0) is 48.8 Å². The number of aromatic nitrogens is 1. The van der Waals surface area contributed by atoms with Crippen molar-refractivity contribution in [2.75, 3.05) is 12.4 Å². The van der Waals surface area contributed by atoms with E-state index in [9.17, 15) is 4.79 Å². The van der Waals surface area contributed by atoms with Gasteiger partial charge >= 0.3 is 0 Å². The van der Waals surface area contributed by atoms with Crippen LogP contribution in [0.1, 0.15) is 48.1 Å². The number of benzene rings is 1. The first-order valence-electron chi connectivity index (χ1n) is 8.41. The summed E-state index contributed by atoms with van der Waals surface area (Å²) in [6.07, 6.45) is 3.21. The molecule has 0 spiro atoms. The molecule has 1 aliphatic carbocycles. The molecule has 0 fully saturated rings. The lowest BCUT2D eigenvalue weighted by atomic mass is 9.73. The average Bonchev–Trinajstić information content (AvgIpc) is 2.95. The fourth-order valence-electron chi connectivity index (χ4n) is 3.15. The molecule has 1 amide bonds. The van der Waals surface area contributed by atoms with Gasteiger partial charge in [0.25, 0.3) is 5.91 Å². The predicted octanol–water partition coefficient (Wildman–Crippen LogP) is 5.21. The van der Waals surface area contributed by atoms with E-state index in [4.69, 9.17) is 16.3 Å². The second-order valence-corrected chi connectivity index (χ2v) is 8.99. The van der Waals surface area contributed by atoms with Crippen LogP contribution in [0.4, 0.5) is 5.13 Å². The molecule has 0 bridgehead atoms. The van der Waals surface area contributed by atoms with Crippen molar-refractivity contribution in [1.82, 2.24) is 4.98 Å². The summed E-state index contributed by atoms with van der Waals surface area (Å²) in [5.74, 6) is 0.977. The number of nitrogens with zero attached hydrogens (tertiary/aromatic N) is 1. The highest BCUT2D eigenvalue weighted by molar-refractivity contribution is 7.15. The molecule has 1 heterocycles. The summed E-state index contributed by atoms with van der Waals surface area (Å²) in [7, 11) is 1.55. The molecular formula is C19H23ClN2O2S. The molecular weight excluding hydrogens is 356 g/mol. The van der Waals surface area contributed by atoms with Gasteiger partial charge in [-0.15, -0.1) is 11.3 Å². The molecule has 1 unspecified atom stereocenters. The van der Waals surface area contributed by atoms with Gasteiger partial charge in [-0.2, -0.15) is 0 Å². The lowest BCUT2D eigenvalue weighted by Crippen LogP contribution is -2.26. The summed E-state index contributed by atoms with van der Waals surface area (Å²) >= 11 is 7.68. The largest absolute Gasteiger partial charge is 0.495 e. The molecule has 3 rings (SSSR count). The molecule has 1 atom stereocenters. The van der Waals surface area contributed by atoms with E-state index < -0.39 is 0 Å². The highest BCUT2D eigenvalue weighted by Gasteiger charge is 2.30. The monoisotopic (exact) mass is 378 g/mol. The third kappa shape index (κ3) is 3.98. The topological polar surface area (TPSA) is 51.2 Å². The third-order valence-corrected chi connectivity index (χ3v) is 6.17. The van der Waals surface area contributed by atoms with Crippen molar-refractivity contribution in [2.45, 2.75) is 40.0 Å². The summed E-state index contributed by atoms with van der Waals surface area (Å²) in [6, 6.07) is 5.00. The Bertz CT molecular complexity index is 795. The Kier molecular flexibility index (Phi) is 5.07. The van der Waals surface area contributed by atoms with E-state index in [0.29, 0.717) is 27.4 Å². The van der Waals surface area contributed by atoms with Crippen LogP contribution in [0.15, 0.2) is 18.2 Å². The number of ether oxygens (including phenoxy) is 1. The Hall–Kier alpha value is -1.59. The number of hydrogen-bond donors (Lipinski definition) is 1. The number of anilines is 1. The Morgan fingerprint density at radius 1 is 1.40 bits per heavy atom. The van der Waals surface area contributed by atoms with Crippen molar-refractivity contribution >= 4 is 34.0 Å². The molecule has 0 saturated heterocycles. The summed E-state index contributed by atoms with van der Waals surface area (Å²) in [5.41, 5.74) is 1.91. The molecule has 0 radical (unpaired) electrons. The number of nitrogens with one attached hydrogen (secondary N) is 1. The van der Waals surface area contributed by atoms with E-state index in [1.54, 1.807) is 36.6 Å². The minimum Gasteiger partial charge on any atom is -0.495 e. The molecule has 1 N–H and O–H groups in total. The number of amides is 1. The normalized spacial score (nSPS) is 17.1. The zero-order valence-electron chi connectivity index (χ0n) is 15.0. The van der Waals surface area contributed by atoms with Crippen LogP contribution in [0.5, 0.6) is 5.75 Å². The van der Waals surface area contributed by atoms with E-state index in [-0.39, 0.29) is 11.3 Å². The molecule has 0 aliphatic heterocycles. The number of aryl methyl sites for hydroxylation is 1. The van der Waals surface area contributed by atoms with Gasteiger partial charge in [0.2, 0.25) is 0 Å². The van der Waals surface area contributed by atoms with E-state index in [2.05, 4.69) is 31.1 Å². The second kappa shape index (κ2) is 6.96. The van der Waals surface area contributed by atoms with Gasteiger partial charge in [0.1, 0.15) is 5.75 Å². The maximum atomic E-state index is 12.5. The summed E-state index contributed by atoms with van der Waals surface area (Å²) < 4.78 is 5.12. The van der Waals surface area contributed by atoms with Gasteiger partial charge in [0.15, 0.2) is 5.13 Å². The molecule has 1 aromatic heterocycles. The Morgan fingerprint density at radius 2 is 2.16 bits per heavy atom. The molecule has 25 heavy (non-hydrogen) atoms. The smallest absolute Gasteiger partial charge is 0.257 e. The van der Waals surface area contributed by atoms with Crippen molar-refractivity contribution in [2.24, 2.45) is 11.3 Å². The number of carbonyl (C=O) groups is 1. The van der Waals surface area contributed by atoms with Crippen molar-refractivity contribution in [3.05, 3.63) is 39.4 Å². The fraction of sp³-hybridized carbons (Fsp3) is 0.474. The summed E-state index contributed by atoms with van der Waals surface area (Å²) in [5, 5.41) is 3.98. The average molecular weight is 379 g/mol. The van der Waals surface area contributed by atoms with Crippen molar-refractivity contribution in [3.8, 4) is 5.75 Å². The highest BCUT2D eigenvalue weighted by atomic mass is 35.5. The van der Waals surface area contributed by atoms with E-state index in [0.717, 1.165) is 18.5 Å². The van der Waals surface area contributed by atoms with Gasteiger partial charge in [-0.1, -0.05) is 32.4 Å². The molecule has 4 nitrogen and oxygen atoms in total. The zero-order chi connectivity index (χ0) is 18.2. The second-order valence-electron chi connectivity index (χ2n) is 7.50. The van der Waals surface area contributed by atoms with Gasteiger partial charge in [-0.3, -0.25) is 10.1 Å². The maximum absolute atomic E-state index is 12.5. The van der Waals surface area contributed by atoms with Crippen LogP contribution in [0, 0.1) is 11.3 Å². The summed E-state index contributed by atoms with van der Waals surface area (Å²) in [6.45, 7) is 6.85. The number of rotatable bonds is 3. The first-order chi connectivity index (χ1) is 11.8. The van der Waals surface area contributed by atoms with Gasteiger partial charge in [0.05, 0.1) is 17.8 Å². The van der Waals surface area contributed by atoms with Gasteiger partial charge < -0.3 is 4.74 Å². The number of thiazole rings is 1. The minimum atomic E-state index is -0.206. The van der Waals surface area contributed by atoms with Crippen molar-refractivity contribution in [1.29, 1.82) is 0 Å². The van der Waals surface area contributed by atoms with Crippen LogP contribution in [-0.2, 0) is 12.8 Å².